The lowest BCUT2D eigenvalue weighted by atomic mass is 9.95. The third-order valence-corrected chi connectivity index (χ3v) is 6.48. The monoisotopic (exact) mass is 472 g/mol. The molecule has 11 heteroatoms. The standard InChI is InChI=1S/C23H28N4O7/c1-13(25(3)4)18(29)24-23(2,22(33)34)11-12-26-17(28)10-9-16(21(26)32)27-19(30)14-7-5-6-8-15(14)20(27)31/h5-8,13,16H,9-12H2,1-4H3,(H,24,29)(H,33,34)/t13?,16-,23-/m0/s1. The van der Waals surface area contributed by atoms with Gasteiger partial charge in [0.2, 0.25) is 11.8 Å². The molecule has 182 valence electrons. The molecule has 2 N–H and O–H groups in total. The van der Waals surface area contributed by atoms with Crippen LogP contribution < -0.4 is 5.32 Å². The summed E-state index contributed by atoms with van der Waals surface area (Å²) >= 11 is 0. The van der Waals surface area contributed by atoms with Crippen LogP contribution in [0.15, 0.2) is 24.3 Å². The summed E-state index contributed by atoms with van der Waals surface area (Å²) in [7, 11) is 3.35. The molecule has 1 fully saturated rings. The summed E-state index contributed by atoms with van der Waals surface area (Å²) in [4.78, 5) is 79.1. The number of hydrogen-bond donors (Lipinski definition) is 2. The molecule has 0 aliphatic carbocycles. The Labute approximate surface area is 196 Å². The van der Waals surface area contributed by atoms with Crippen molar-refractivity contribution in [1.82, 2.24) is 20.0 Å². The zero-order chi connectivity index (χ0) is 25.4. The normalized spacial score (nSPS) is 20.9. The lowest BCUT2D eigenvalue weighted by Crippen LogP contribution is -2.60. The summed E-state index contributed by atoms with van der Waals surface area (Å²) in [6.07, 6.45) is -0.342. The molecule has 2 aliphatic heterocycles. The minimum atomic E-state index is -1.75. The number of hydrogen-bond acceptors (Lipinski definition) is 7. The Morgan fingerprint density at radius 2 is 1.71 bits per heavy atom. The van der Waals surface area contributed by atoms with Gasteiger partial charge in [0.25, 0.3) is 17.7 Å². The Hall–Kier alpha value is -3.60. The van der Waals surface area contributed by atoms with E-state index in [2.05, 4.69) is 5.32 Å². The molecular formula is C23H28N4O7. The average molecular weight is 472 g/mol. The molecule has 3 rings (SSSR count). The van der Waals surface area contributed by atoms with Gasteiger partial charge in [0.15, 0.2) is 0 Å². The number of fused-ring (bicyclic) bond motifs is 1. The molecule has 0 spiro atoms. The van der Waals surface area contributed by atoms with E-state index in [0.29, 0.717) is 0 Å². The van der Waals surface area contributed by atoms with E-state index in [9.17, 15) is 33.9 Å². The van der Waals surface area contributed by atoms with Gasteiger partial charge in [-0.15, -0.1) is 0 Å². The molecule has 0 saturated carbocycles. The molecule has 1 saturated heterocycles. The molecule has 3 atom stereocenters. The summed E-state index contributed by atoms with van der Waals surface area (Å²) < 4.78 is 0. The van der Waals surface area contributed by atoms with Crippen LogP contribution in [0.2, 0.25) is 0 Å². The minimum absolute atomic E-state index is 0.00702. The summed E-state index contributed by atoms with van der Waals surface area (Å²) in [5.74, 6) is -4.32. The van der Waals surface area contributed by atoms with Crippen molar-refractivity contribution in [2.75, 3.05) is 20.6 Å². The molecule has 1 aromatic carbocycles. The van der Waals surface area contributed by atoms with Crippen molar-refractivity contribution in [1.29, 1.82) is 0 Å². The van der Waals surface area contributed by atoms with Gasteiger partial charge in [0.1, 0.15) is 11.6 Å². The maximum Gasteiger partial charge on any atom is 0.329 e. The SMILES string of the molecule is CC(C(=O)N[C@@](C)(CCN1C(=O)CC[C@H](N2C(=O)c3ccccc3C2=O)C1=O)C(=O)O)N(C)C. The second-order valence-electron chi connectivity index (χ2n) is 8.98. The lowest BCUT2D eigenvalue weighted by molar-refractivity contribution is -0.154. The predicted molar refractivity (Wildman–Crippen MR) is 119 cm³/mol. The minimum Gasteiger partial charge on any atom is -0.480 e. The molecule has 1 aromatic rings. The zero-order valence-corrected chi connectivity index (χ0v) is 19.5. The Morgan fingerprint density at radius 3 is 2.21 bits per heavy atom. The van der Waals surface area contributed by atoms with Crippen LogP contribution in [0.3, 0.4) is 0 Å². The van der Waals surface area contributed by atoms with Crippen LogP contribution in [0, 0.1) is 0 Å². The van der Waals surface area contributed by atoms with Crippen molar-refractivity contribution in [3.05, 3.63) is 35.4 Å². The summed E-state index contributed by atoms with van der Waals surface area (Å²) in [6, 6.07) is 4.47. The first-order valence-electron chi connectivity index (χ1n) is 10.9. The van der Waals surface area contributed by atoms with Crippen molar-refractivity contribution in [3.8, 4) is 0 Å². The van der Waals surface area contributed by atoms with Crippen LogP contribution in [0.4, 0.5) is 0 Å². The van der Waals surface area contributed by atoms with Gasteiger partial charge in [-0.25, -0.2) is 4.79 Å². The first-order valence-corrected chi connectivity index (χ1v) is 10.9. The van der Waals surface area contributed by atoms with Gasteiger partial charge in [-0.05, 0) is 52.9 Å². The average Bonchev–Trinajstić information content (AvgIpc) is 3.03. The van der Waals surface area contributed by atoms with Crippen molar-refractivity contribution in [3.63, 3.8) is 0 Å². The summed E-state index contributed by atoms with van der Waals surface area (Å²) in [5.41, 5.74) is -1.36. The Kier molecular flexibility index (Phi) is 6.87. The third-order valence-electron chi connectivity index (χ3n) is 6.48. The molecule has 0 radical (unpaired) electrons. The highest BCUT2D eigenvalue weighted by atomic mass is 16.4. The molecule has 1 unspecified atom stereocenters. The highest BCUT2D eigenvalue weighted by molar-refractivity contribution is 6.23. The fourth-order valence-electron chi connectivity index (χ4n) is 3.96. The number of rotatable bonds is 8. The molecule has 5 amide bonds. The van der Waals surface area contributed by atoms with Crippen molar-refractivity contribution < 1.29 is 33.9 Å². The second kappa shape index (κ2) is 9.34. The third kappa shape index (κ3) is 4.43. The first-order chi connectivity index (χ1) is 15.9. The van der Waals surface area contributed by atoms with E-state index in [1.165, 1.54) is 19.1 Å². The fraction of sp³-hybridized carbons (Fsp3) is 0.478. The maximum absolute atomic E-state index is 13.2. The number of benzene rings is 1. The number of likely N-dealkylation sites (N-methyl/N-ethyl adjacent to an activating group) is 1. The molecule has 2 aliphatic rings. The van der Waals surface area contributed by atoms with E-state index >= 15 is 0 Å². The van der Waals surface area contributed by atoms with Crippen LogP contribution in [-0.4, -0.2) is 93.6 Å². The number of nitrogens with one attached hydrogen (secondary N) is 1. The van der Waals surface area contributed by atoms with Crippen molar-refractivity contribution in [2.24, 2.45) is 0 Å². The van der Waals surface area contributed by atoms with Gasteiger partial charge in [-0.1, -0.05) is 12.1 Å². The predicted octanol–water partition coefficient (Wildman–Crippen LogP) is 0.0999. The van der Waals surface area contributed by atoms with Gasteiger partial charge in [-0.3, -0.25) is 38.7 Å². The smallest absolute Gasteiger partial charge is 0.329 e. The van der Waals surface area contributed by atoms with Crippen LogP contribution in [0.1, 0.15) is 53.8 Å². The largest absolute Gasteiger partial charge is 0.480 e. The number of carbonyl (C=O) groups is 6. The second-order valence-corrected chi connectivity index (χ2v) is 8.98. The van der Waals surface area contributed by atoms with Crippen LogP contribution in [0.5, 0.6) is 0 Å². The van der Waals surface area contributed by atoms with Gasteiger partial charge in [0, 0.05) is 13.0 Å². The van der Waals surface area contributed by atoms with Crippen molar-refractivity contribution >= 4 is 35.5 Å². The Bertz CT molecular complexity index is 1030. The number of imide groups is 2. The van der Waals surface area contributed by atoms with Gasteiger partial charge in [0.05, 0.1) is 17.2 Å². The van der Waals surface area contributed by atoms with E-state index in [1.807, 2.05) is 0 Å². The number of nitrogens with zero attached hydrogens (tertiary/aromatic N) is 3. The van der Waals surface area contributed by atoms with Crippen LogP contribution in [-0.2, 0) is 19.2 Å². The zero-order valence-electron chi connectivity index (χ0n) is 19.5. The topological polar surface area (TPSA) is 144 Å². The summed E-state index contributed by atoms with van der Waals surface area (Å²) in [6.45, 7) is 2.62. The number of amides is 5. The Balaban J connectivity index is 1.77. The number of piperidine rings is 1. The Morgan fingerprint density at radius 1 is 1.15 bits per heavy atom. The van der Waals surface area contributed by atoms with Gasteiger partial charge in [-0.2, -0.15) is 0 Å². The first kappa shape index (κ1) is 25.0. The quantitative estimate of drug-likeness (QED) is 0.507. The molecule has 0 aromatic heterocycles. The van der Waals surface area contributed by atoms with Crippen molar-refractivity contribution in [2.45, 2.75) is 50.7 Å². The number of aliphatic carboxylic acids is 1. The van der Waals surface area contributed by atoms with E-state index in [4.69, 9.17) is 0 Å². The van der Waals surface area contributed by atoms with E-state index in [0.717, 1.165) is 9.80 Å². The van der Waals surface area contributed by atoms with E-state index in [-0.39, 0.29) is 36.9 Å². The number of likely N-dealkylation sites (tertiary alicyclic amines) is 1. The number of carboxylic acids is 1. The molecule has 0 bridgehead atoms. The van der Waals surface area contributed by atoms with Gasteiger partial charge >= 0.3 is 5.97 Å². The number of carboxylic acid groups (broad SMARTS) is 1. The molecule has 2 heterocycles. The lowest BCUT2D eigenvalue weighted by Gasteiger charge is -2.36. The summed E-state index contributed by atoms with van der Waals surface area (Å²) in [5, 5.41) is 12.2. The highest BCUT2D eigenvalue weighted by Gasteiger charge is 2.47. The van der Waals surface area contributed by atoms with E-state index < -0.39 is 53.1 Å². The molecular weight excluding hydrogens is 444 g/mol. The molecule has 11 nitrogen and oxygen atoms in total. The van der Waals surface area contributed by atoms with E-state index in [1.54, 1.807) is 38.1 Å². The fourth-order valence-corrected chi connectivity index (χ4v) is 3.96. The van der Waals surface area contributed by atoms with Crippen LogP contribution in [0.25, 0.3) is 0 Å². The maximum atomic E-state index is 13.2. The molecule has 34 heavy (non-hydrogen) atoms. The van der Waals surface area contributed by atoms with Crippen LogP contribution >= 0.6 is 0 Å². The highest BCUT2D eigenvalue weighted by Crippen LogP contribution is 2.29. The van der Waals surface area contributed by atoms with Gasteiger partial charge < -0.3 is 10.4 Å². The number of carbonyl (C=O) groups excluding carboxylic acids is 5.